The Kier molecular flexibility index (Phi) is 44.0. The summed E-state index contributed by atoms with van der Waals surface area (Å²) in [6.07, 6.45) is 14.6. The van der Waals surface area contributed by atoms with E-state index in [1.807, 2.05) is 0 Å². The maximum atomic E-state index is 10.2. The summed E-state index contributed by atoms with van der Waals surface area (Å²) >= 11 is 4.45. The van der Waals surface area contributed by atoms with Crippen molar-refractivity contribution in [1.29, 1.82) is 0 Å². The van der Waals surface area contributed by atoms with Crippen molar-refractivity contribution in [3.8, 4) is 0 Å². The summed E-state index contributed by atoms with van der Waals surface area (Å²) in [6.45, 7) is 13.0. The van der Waals surface area contributed by atoms with Gasteiger partial charge in [0.05, 0.1) is 17.9 Å². The molecular weight excluding hydrogens is 674 g/mol. The van der Waals surface area contributed by atoms with Crippen LogP contribution in [0.4, 0.5) is 0 Å². The van der Waals surface area contributed by atoms with Crippen LogP contribution in [-0.4, -0.2) is 76.9 Å². The van der Waals surface area contributed by atoms with Crippen molar-refractivity contribution in [2.75, 3.05) is 34.5 Å². The Labute approximate surface area is 276 Å². The molecule has 10 heteroatoms. The van der Waals surface area contributed by atoms with E-state index in [4.69, 9.17) is 0 Å². The fourth-order valence-corrected chi connectivity index (χ4v) is 6.68. The molecule has 0 bridgehead atoms. The molecule has 3 unspecified atom stereocenters. The van der Waals surface area contributed by atoms with Crippen molar-refractivity contribution in [2.45, 2.75) is 119 Å². The first kappa shape index (κ1) is 47.2. The monoisotopic (exact) mass is 730 g/mol. The summed E-state index contributed by atoms with van der Waals surface area (Å²) in [7, 11) is 0. The van der Waals surface area contributed by atoms with E-state index in [9.17, 15) is 29.7 Å². The second-order valence-electron chi connectivity index (χ2n) is 9.91. The first-order valence-electron chi connectivity index (χ1n) is 14.9. The van der Waals surface area contributed by atoms with Crippen LogP contribution in [0.15, 0.2) is 0 Å². The number of unbranched alkanes of at least 4 members (excludes halogenated alkanes) is 3. The minimum Gasteiger partial charge on any atom is -0.549 e. The predicted octanol–water partition coefficient (Wildman–Crippen LogP) is 4.68. The van der Waals surface area contributed by atoms with E-state index in [0.29, 0.717) is 17.8 Å². The maximum absolute atomic E-state index is 10.2. The van der Waals surface area contributed by atoms with Gasteiger partial charge in [-0.2, -0.15) is 35.3 Å². The molecule has 0 aliphatic carbocycles. The molecule has 3 atom stereocenters. The van der Waals surface area contributed by atoms with Gasteiger partial charge in [-0.1, -0.05) is 99.3 Å². The van der Waals surface area contributed by atoms with Crippen LogP contribution >= 0.6 is 35.3 Å². The standard InChI is InChI=1S/3C10H20O2S.Sb/c3*1-3-5-6-9(4-2)7-13-8-10(11)12;/h3*9H,3-8H2,1-2H3,(H,11,12);/q;;;+3/p-3. The summed E-state index contributed by atoms with van der Waals surface area (Å²) in [5.41, 5.74) is 0. The molecular formula is C30H57O6S3Sb. The molecule has 6 nitrogen and oxygen atoms in total. The summed E-state index contributed by atoms with van der Waals surface area (Å²) in [4.78, 5) is 30.5. The number of thioether (sulfide) groups is 3. The Morgan fingerprint density at radius 2 is 0.725 bits per heavy atom. The SMILES string of the molecule is CCCCC(CC)CSCC(=O)[O-].CCCCC(CC)CSCC(=O)[O-].CCCCC(CC)CSCC(=O)[O-].[Sb+3]. The zero-order valence-electron chi connectivity index (χ0n) is 26.1. The third kappa shape index (κ3) is 40.4. The van der Waals surface area contributed by atoms with Crippen molar-refractivity contribution < 1.29 is 29.7 Å². The van der Waals surface area contributed by atoms with Crippen LogP contribution in [0.25, 0.3) is 0 Å². The fourth-order valence-electron chi connectivity index (χ4n) is 3.62. The average Bonchev–Trinajstić information content (AvgIpc) is 2.90. The Hall–Kier alpha value is 0.278. The molecule has 0 fully saturated rings. The van der Waals surface area contributed by atoms with Crippen molar-refractivity contribution in [3.63, 3.8) is 0 Å². The Morgan fingerprint density at radius 1 is 0.500 bits per heavy atom. The number of aliphatic carboxylic acids is 3. The van der Waals surface area contributed by atoms with E-state index in [0.717, 1.165) is 36.5 Å². The number of rotatable bonds is 24. The number of carbonyl (C=O) groups is 3. The molecule has 236 valence electrons. The van der Waals surface area contributed by atoms with Gasteiger partial charge in [0.25, 0.3) is 0 Å². The quantitative estimate of drug-likeness (QED) is 0.131. The number of carbonyl (C=O) groups excluding carboxylic acids is 3. The number of carboxylic acid groups (broad SMARTS) is 3. The van der Waals surface area contributed by atoms with E-state index in [2.05, 4.69) is 41.5 Å². The molecule has 0 spiro atoms. The van der Waals surface area contributed by atoms with Gasteiger partial charge in [0, 0.05) is 17.3 Å². The van der Waals surface area contributed by atoms with Crippen LogP contribution in [0.5, 0.6) is 0 Å². The van der Waals surface area contributed by atoms with Gasteiger partial charge in [-0.25, -0.2) is 0 Å². The second kappa shape index (κ2) is 37.3. The molecule has 40 heavy (non-hydrogen) atoms. The average molecular weight is 732 g/mol. The topological polar surface area (TPSA) is 120 Å². The number of hydrogen-bond donors (Lipinski definition) is 0. The predicted molar refractivity (Wildman–Crippen MR) is 173 cm³/mol. The van der Waals surface area contributed by atoms with Gasteiger partial charge in [-0.15, -0.1) is 0 Å². The van der Waals surface area contributed by atoms with Gasteiger partial charge in [0.1, 0.15) is 0 Å². The van der Waals surface area contributed by atoms with E-state index >= 15 is 0 Å². The van der Waals surface area contributed by atoms with Gasteiger partial charge in [0.15, 0.2) is 0 Å². The van der Waals surface area contributed by atoms with Gasteiger partial charge in [-0.05, 0) is 54.3 Å². The molecule has 0 aromatic carbocycles. The van der Waals surface area contributed by atoms with Crippen molar-refractivity contribution in [3.05, 3.63) is 0 Å². The summed E-state index contributed by atoms with van der Waals surface area (Å²) < 4.78 is 0. The molecule has 0 aliphatic rings. The molecule has 0 aromatic rings. The van der Waals surface area contributed by atoms with Crippen LogP contribution in [0, 0.1) is 17.8 Å². The Balaban J connectivity index is -0.000000240. The molecule has 0 rings (SSSR count). The summed E-state index contributed by atoms with van der Waals surface area (Å²) in [6, 6.07) is 0. The zero-order chi connectivity index (χ0) is 30.3. The maximum Gasteiger partial charge on any atom is 3.00 e. The van der Waals surface area contributed by atoms with Crippen LogP contribution in [0.2, 0.25) is 0 Å². The van der Waals surface area contributed by atoms with Crippen molar-refractivity contribution in [1.82, 2.24) is 0 Å². The smallest absolute Gasteiger partial charge is 0.549 e. The van der Waals surface area contributed by atoms with E-state index in [-0.39, 0.29) is 41.7 Å². The normalized spacial score (nSPS) is 12.4. The largest absolute Gasteiger partial charge is 3.00 e. The van der Waals surface area contributed by atoms with Gasteiger partial charge in [0.2, 0.25) is 0 Å². The van der Waals surface area contributed by atoms with E-state index in [1.54, 1.807) is 0 Å². The van der Waals surface area contributed by atoms with Crippen molar-refractivity contribution in [2.24, 2.45) is 17.8 Å². The molecule has 0 saturated carbocycles. The van der Waals surface area contributed by atoms with Crippen molar-refractivity contribution >= 4 is 77.6 Å². The fraction of sp³-hybridized carbons (Fsp3) is 0.900. The Bertz CT molecular complexity index is 493. The van der Waals surface area contributed by atoms with Gasteiger partial charge in [-0.3, -0.25) is 0 Å². The van der Waals surface area contributed by atoms with Crippen LogP contribution in [0.3, 0.4) is 0 Å². The summed E-state index contributed by atoms with van der Waals surface area (Å²) in [5, 5.41) is 30.5. The molecule has 2 radical (unpaired) electrons. The molecule has 0 amide bonds. The molecule has 0 saturated heterocycles. The van der Waals surface area contributed by atoms with Gasteiger partial charge >= 0.3 is 24.4 Å². The van der Waals surface area contributed by atoms with E-state index < -0.39 is 17.9 Å². The molecule has 0 aromatic heterocycles. The molecule has 0 aliphatic heterocycles. The minimum atomic E-state index is -0.949. The first-order valence-corrected chi connectivity index (χ1v) is 18.4. The third-order valence-corrected chi connectivity index (χ3v) is 9.79. The minimum absolute atomic E-state index is 0. The van der Waals surface area contributed by atoms with E-state index in [1.165, 1.54) is 93.1 Å². The second-order valence-corrected chi connectivity index (χ2v) is 13.0. The summed E-state index contributed by atoms with van der Waals surface area (Å²) in [5.74, 6) is 2.52. The van der Waals surface area contributed by atoms with Crippen LogP contribution < -0.4 is 15.3 Å². The molecule has 0 heterocycles. The van der Waals surface area contributed by atoms with Crippen LogP contribution in [-0.2, 0) is 14.4 Å². The zero-order valence-corrected chi connectivity index (χ0v) is 31.1. The number of carboxylic acids is 3. The Morgan fingerprint density at radius 3 is 0.875 bits per heavy atom. The molecule has 0 N–H and O–H groups in total. The van der Waals surface area contributed by atoms with Gasteiger partial charge < -0.3 is 29.7 Å². The third-order valence-electron chi connectivity index (χ3n) is 6.35. The number of hydrogen-bond acceptors (Lipinski definition) is 9. The first-order chi connectivity index (χ1) is 18.6. The van der Waals surface area contributed by atoms with Crippen LogP contribution in [0.1, 0.15) is 119 Å².